The molecule has 0 aliphatic heterocycles. The molecule has 27 heavy (non-hydrogen) atoms. The Morgan fingerprint density at radius 3 is 2.26 bits per heavy atom. The molecule has 5 rings (SSSR count). The third-order valence-corrected chi connectivity index (χ3v) is 5.63. The van der Waals surface area contributed by atoms with Crippen molar-refractivity contribution >= 4 is 11.0 Å². The Balaban J connectivity index is 1.84. The largest absolute Gasteiger partial charge is 0.228 e. The van der Waals surface area contributed by atoms with Gasteiger partial charge in [0.2, 0.25) is 0 Å². The second kappa shape index (κ2) is 6.34. The molecule has 134 valence electrons. The lowest BCUT2D eigenvalue weighted by molar-refractivity contribution is 0.688. The molecule has 0 spiro atoms. The van der Waals surface area contributed by atoms with Crippen LogP contribution in [0.5, 0.6) is 0 Å². The number of benzene rings is 2. The Morgan fingerprint density at radius 1 is 0.815 bits per heavy atom. The summed E-state index contributed by atoms with van der Waals surface area (Å²) in [6.45, 7) is 4.24. The lowest BCUT2D eigenvalue weighted by Crippen LogP contribution is -2.08. The second-order valence-electron chi connectivity index (χ2n) is 7.52. The number of aryl methyl sites for hydroxylation is 3. The van der Waals surface area contributed by atoms with Crippen molar-refractivity contribution in [2.45, 2.75) is 39.5 Å². The Labute approximate surface area is 159 Å². The van der Waals surface area contributed by atoms with Crippen LogP contribution in [-0.4, -0.2) is 14.8 Å². The number of fused-ring (bicyclic) bond motifs is 3. The van der Waals surface area contributed by atoms with Gasteiger partial charge >= 0.3 is 0 Å². The normalized spacial score (nSPS) is 13.7. The van der Waals surface area contributed by atoms with Gasteiger partial charge in [0.05, 0.1) is 17.1 Å². The number of hydrogen-bond donors (Lipinski definition) is 0. The molecule has 0 bridgehead atoms. The maximum atomic E-state index is 5.19. The molecule has 0 atom stereocenters. The summed E-state index contributed by atoms with van der Waals surface area (Å²) in [5.41, 5.74) is 9.63. The van der Waals surface area contributed by atoms with E-state index in [-0.39, 0.29) is 0 Å². The zero-order valence-electron chi connectivity index (χ0n) is 15.9. The lowest BCUT2D eigenvalue weighted by atomic mass is 9.86. The van der Waals surface area contributed by atoms with Crippen LogP contribution < -0.4 is 0 Å². The lowest BCUT2D eigenvalue weighted by Gasteiger charge is -2.20. The summed E-state index contributed by atoms with van der Waals surface area (Å²) in [5, 5.41) is 6.13. The average Bonchev–Trinajstić information content (AvgIpc) is 3.05. The van der Waals surface area contributed by atoms with Crippen molar-refractivity contribution < 1.29 is 0 Å². The van der Waals surface area contributed by atoms with Crippen LogP contribution in [0.25, 0.3) is 28.0 Å². The molecular formula is C24H23N3. The van der Waals surface area contributed by atoms with Gasteiger partial charge in [-0.2, -0.15) is 5.10 Å². The fourth-order valence-electron chi connectivity index (χ4n) is 4.29. The summed E-state index contributed by atoms with van der Waals surface area (Å²) in [4.78, 5) is 5.19. The maximum absolute atomic E-state index is 5.19. The van der Waals surface area contributed by atoms with Crippen molar-refractivity contribution in [1.29, 1.82) is 0 Å². The quantitative estimate of drug-likeness (QED) is 0.471. The number of rotatable bonds is 2. The van der Waals surface area contributed by atoms with E-state index in [9.17, 15) is 0 Å². The molecule has 1 aliphatic rings. The fraction of sp³-hybridized carbons (Fsp3) is 0.250. The van der Waals surface area contributed by atoms with E-state index >= 15 is 0 Å². The van der Waals surface area contributed by atoms with Gasteiger partial charge < -0.3 is 0 Å². The van der Waals surface area contributed by atoms with Crippen LogP contribution >= 0.6 is 0 Å². The van der Waals surface area contributed by atoms with Gasteiger partial charge in [-0.25, -0.2) is 9.67 Å². The molecule has 0 saturated carbocycles. The topological polar surface area (TPSA) is 30.7 Å². The molecule has 0 amide bonds. The summed E-state index contributed by atoms with van der Waals surface area (Å²) < 4.78 is 2.01. The van der Waals surface area contributed by atoms with Gasteiger partial charge in [-0.05, 0) is 62.8 Å². The molecule has 2 aromatic carbocycles. The molecule has 0 unspecified atom stereocenters. The predicted molar refractivity (Wildman–Crippen MR) is 110 cm³/mol. The first-order chi connectivity index (χ1) is 13.2. The molecule has 1 aliphatic carbocycles. The fourth-order valence-corrected chi connectivity index (χ4v) is 4.29. The summed E-state index contributed by atoms with van der Waals surface area (Å²) >= 11 is 0. The van der Waals surface area contributed by atoms with Crippen LogP contribution in [-0.2, 0) is 12.8 Å². The molecule has 3 heteroatoms. The highest BCUT2D eigenvalue weighted by Gasteiger charge is 2.23. The highest BCUT2D eigenvalue weighted by molar-refractivity contribution is 5.88. The van der Waals surface area contributed by atoms with Gasteiger partial charge in [0, 0.05) is 10.9 Å². The van der Waals surface area contributed by atoms with Crippen molar-refractivity contribution in [3.63, 3.8) is 0 Å². The first kappa shape index (κ1) is 16.2. The number of aromatic nitrogens is 3. The smallest absolute Gasteiger partial charge is 0.164 e. The number of para-hydroxylation sites is 1. The van der Waals surface area contributed by atoms with Crippen molar-refractivity contribution in [3.05, 3.63) is 77.0 Å². The monoisotopic (exact) mass is 353 g/mol. The minimum absolute atomic E-state index is 0.981. The summed E-state index contributed by atoms with van der Waals surface area (Å²) in [5.74, 6) is 0. The highest BCUT2D eigenvalue weighted by atomic mass is 15.3. The van der Waals surface area contributed by atoms with Gasteiger partial charge in [-0.15, -0.1) is 0 Å². The van der Waals surface area contributed by atoms with Crippen LogP contribution in [0, 0.1) is 13.8 Å². The molecule has 2 heterocycles. The van der Waals surface area contributed by atoms with Crippen molar-refractivity contribution in [3.8, 4) is 16.9 Å². The van der Waals surface area contributed by atoms with E-state index in [0.29, 0.717) is 0 Å². The van der Waals surface area contributed by atoms with Gasteiger partial charge in [-0.1, -0.05) is 48.0 Å². The predicted octanol–water partition coefficient (Wildman–Crippen LogP) is 5.58. The van der Waals surface area contributed by atoms with E-state index in [1.807, 2.05) is 10.7 Å². The highest BCUT2D eigenvalue weighted by Crippen LogP contribution is 2.37. The molecule has 4 aromatic rings. The first-order valence-corrected chi connectivity index (χ1v) is 9.76. The van der Waals surface area contributed by atoms with Crippen molar-refractivity contribution in [2.24, 2.45) is 0 Å². The van der Waals surface area contributed by atoms with E-state index in [1.165, 1.54) is 40.5 Å². The van der Waals surface area contributed by atoms with E-state index in [0.717, 1.165) is 35.6 Å². The van der Waals surface area contributed by atoms with Crippen LogP contribution in [0.2, 0.25) is 0 Å². The number of hydrogen-bond acceptors (Lipinski definition) is 2. The van der Waals surface area contributed by atoms with Crippen LogP contribution in [0.15, 0.2) is 54.6 Å². The molecule has 0 radical (unpaired) electrons. The summed E-state index contributed by atoms with van der Waals surface area (Å²) in [7, 11) is 0. The number of nitrogens with zero attached hydrogens (tertiary/aromatic N) is 3. The standard InChI is InChI=1S/C24H23N3/c1-16-12-14-18(15-13-16)23-21-11-7-6-10-20(21)22-17(2)26-27(24(22)25-23)19-8-4-3-5-9-19/h3-5,8-9,12-15H,6-7,10-11H2,1-2H3. The van der Waals surface area contributed by atoms with E-state index in [2.05, 4.69) is 62.4 Å². The minimum atomic E-state index is 0.981. The van der Waals surface area contributed by atoms with Crippen LogP contribution in [0.1, 0.15) is 35.2 Å². The third-order valence-electron chi connectivity index (χ3n) is 5.63. The Bertz CT molecular complexity index is 1120. The van der Waals surface area contributed by atoms with Crippen LogP contribution in [0.4, 0.5) is 0 Å². The molecule has 0 N–H and O–H groups in total. The Morgan fingerprint density at radius 2 is 1.52 bits per heavy atom. The summed E-state index contributed by atoms with van der Waals surface area (Å²) in [6.07, 6.45) is 4.71. The zero-order valence-corrected chi connectivity index (χ0v) is 15.9. The van der Waals surface area contributed by atoms with E-state index in [1.54, 1.807) is 0 Å². The van der Waals surface area contributed by atoms with Gasteiger partial charge in [0.15, 0.2) is 5.65 Å². The zero-order chi connectivity index (χ0) is 18.4. The molecular weight excluding hydrogens is 330 g/mol. The minimum Gasteiger partial charge on any atom is -0.228 e. The Kier molecular flexibility index (Phi) is 3.82. The molecule has 0 fully saturated rings. The average molecular weight is 353 g/mol. The van der Waals surface area contributed by atoms with Gasteiger partial charge in [-0.3, -0.25) is 0 Å². The molecule has 2 aromatic heterocycles. The second-order valence-corrected chi connectivity index (χ2v) is 7.52. The maximum Gasteiger partial charge on any atom is 0.164 e. The number of pyridine rings is 1. The molecule has 3 nitrogen and oxygen atoms in total. The van der Waals surface area contributed by atoms with Gasteiger partial charge in [0.25, 0.3) is 0 Å². The van der Waals surface area contributed by atoms with E-state index in [4.69, 9.17) is 10.1 Å². The van der Waals surface area contributed by atoms with Gasteiger partial charge in [0.1, 0.15) is 0 Å². The first-order valence-electron chi connectivity index (χ1n) is 9.76. The SMILES string of the molecule is Cc1ccc(-c2nc3c(c(C)nn3-c3ccccc3)c3c2CCCC3)cc1. The third kappa shape index (κ3) is 2.66. The Hall–Kier alpha value is -2.94. The van der Waals surface area contributed by atoms with Crippen molar-refractivity contribution in [1.82, 2.24) is 14.8 Å². The summed E-state index contributed by atoms with van der Waals surface area (Å²) in [6, 6.07) is 19.1. The van der Waals surface area contributed by atoms with E-state index < -0.39 is 0 Å². The van der Waals surface area contributed by atoms with Crippen molar-refractivity contribution in [2.75, 3.05) is 0 Å². The van der Waals surface area contributed by atoms with Crippen LogP contribution in [0.3, 0.4) is 0 Å². The molecule has 0 saturated heterocycles.